The summed E-state index contributed by atoms with van der Waals surface area (Å²) in [6, 6.07) is 16.7. The van der Waals surface area contributed by atoms with Crippen LogP contribution in [0, 0.1) is 6.92 Å². The number of para-hydroxylation sites is 1. The Bertz CT molecular complexity index is 805. The predicted molar refractivity (Wildman–Crippen MR) is 90.3 cm³/mol. The molecule has 0 atom stereocenters. The first kappa shape index (κ1) is 16.6. The second-order valence-electron chi connectivity index (χ2n) is 5.39. The Morgan fingerprint density at radius 2 is 1.62 bits per heavy atom. The van der Waals surface area contributed by atoms with E-state index in [1.807, 2.05) is 43.3 Å². The summed E-state index contributed by atoms with van der Waals surface area (Å²) in [5.74, 6) is 0.793. The third-order valence-electron chi connectivity index (χ3n) is 3.63. The maximum absolute atomic E-state index is 12.6. The average Bonchev–Trinajstić information content (AvgIpc) is 2.94. The molecule has 0 amide bonds. The summed E-state index contributed by atoms with van der Waals surface area (Å²) in [5.41, 5.74) is 1.22. The zero-order valence-corrected chi connectivity index (χ0v) is 13.7. The molecular formula is C19H15F3OS. The van der Waals surface area contributed by atoms with Crippen molar-refractivity contribution in [3.8, 4) is 16.2 Å². The van der Waals surface area contributed by atoms with Crippen molar-refractivity contribution >= 4 is 11.3 Å². The van der Waals surface area contributed by atoms with Gasteiger partial charge in [0.2, 0.25) is 0 Å². The van der Waals surface area contributed by atoms with Gasteiger partial charge >= 0.3 is 6.18 Å². The third-order valence-corrected chi connectivity index (χ3v) is 4.89. The Morgan fingerprint density at radius 1 is 0.958 bits per heavy atom. The maximum atomic E-state index is 12.6. The minimum absolute atomic E-state index is 0.446. The molecule has 0 aliphatic heterocycles. The van der Waals surface area contributed by atoms with Crippen LogP contribution < -0.4 is 4.74 Å². The molecule has 3 aromatic rings. The molecule has 0 fully saturated rings. The van der Waals surface area contributed by atoms with Crippen molar-refractivity contribution in [2.45, 2.75) is 19.7 Å². The van der Waals surface area contributed by atoms with E-state index in [-0.39, 0.29) is 0 Å². The van der Waals surface area contributed by atoms with Crippen molar-refractivity contribution in [1.29, 1.82) is 0 Å². The van der Waals surface area contributed by atoms with Gasteiger partial charge in [0.15, 0.2) is 0 Å². The van der Waals surface area contributed by atoms with E-state index in [0.29, 0.717) is 6.61 Å². The molecule has 0 aliphatic rings. The number of benzene rings is 2. The fourth-order valence-electron chi connectivity index (χ4n) is 2.29. The molecule has 24 heavy (non-hydrogen) atoms. The molecule has 0 N–H and O–H groups in total. The van der Waals surface area contributed by atoms with Crippen molar-refractivity contribution in [2.24, 2.45) is 0 Å². The Hall–Kier alpha value is -2.27. The normalized spacial score (nSPS) is 11.5. The monoisotopic (exact) mass is 348 g/mol. The highest BCUT2D eigenvalue weighted by molar-refractivity contribution is 7.15. The quantitative estimate of drug-likeness (QED) is 0.536. The van der Waals surface area contributed by atoms with Crippen molar-refractivity contribution in [3.05, 3.63) is 76.7 Å². The molecule has 0 unspecified atom stereocenters. The summed E-state index contributed by atoms with van der Waals surface area (Å²) in [5, 5.41) is 0. The highest BCUT2D eigenvalue weighted by atomic mass is 32.1. The lowest BCUT2D eigenvalue weighted by molar-refractivity contribution is -0.137. The smallest absolute Gasteiger partial charge is 0.416 e. The first-order valence-electron chi connectivity index (χ1n) is 7.38. The molecule has 0 saturated carbocycles. The summed E-state index contributed by atoms with van der Waals surface area (Å²) < 4.78 is 43.7. The molecule has 3 rings (SSSR count). The van der Waals surface area contributed by atoms with Crippen LogP contribution in [0.1, 0.15) is 16.0 Å². The number of rotatable bonds is 4. The van der Waals surface area contributed by atoms with Gasteiger partial charge in [-0.05, 0) is 48.4 Å². The number of hydrogen-bond donors (Lipinski definition) is 0. The SMILES string of the molecule is Cc1cc(-c2ccc(C(F)(F)F)cc2)sc1COc1ccccc1. The Morgan fingerprint density at radius 3 is 2.25 bits per heavy atom. The molecule has 1 heterocycles. The van der Waals surface area contributed by atoms with E-state index in [1.165, 1.54) is 23.5 Å². The fraction of sp³-hybridized carbons (Fsp3) is 0.158. The number of aryl methyl sites for hydroxylation is 1. The number of halogens is 3. The van der Waals surface area contributed by atoms with Gasteiger partial charge in [-0.1, -0.05) is 30.3 Å². The van der Waals surface area contributed by atoms with Crippen molar-refractivity contribution in [2.75, 3.05) is 0 Å². The first-order chi connectivity index (χ1) is 11.4. The number of hydrogen-bond acceptors (Lipinski definition) is 2. The van der Waals surface area contributed by atoms with E-state index < -0.39 is 11.7 Å². The second kappa shape index (κ2) is 6.69. The van der Waals surface area contributed by atoms with Crippen molar-refractivity contribution < 1.29 is 17.9 Å². The van der Waals surface area contributed by atoms with Gasteiger partial charge in [-0.2, -0.15) is 13.2 Å². The van der Waals surface area contributed by atoms with Crippen LogP contribution in [0.4, 0.5) is 13.2 Å². The molecule has 124 valence electrons. The van der Waals surface area contributed by atoms with Crippen LogP contribution in [0.5, 0.6) is 5.75 Å². The van der Waals surface area contributed by atoms with Crippen LogP contribution >= 0.6 is 11.3 Å². The molecule has 0 spiro atoms. The van der Waals surface area contributed by atoms with Gasteiger partial charge in [0, 0.05) is 9.75 Å². The highest BCUT2D eigenvalue weighted by Crippen LogP contribution is 2.35. The third kappa shape index (κ3) is 3.79. The highest BCUT2D eigenvalue weighted by Gasteiger charge is 2.30. The van der Waals surface area contributed by atoms with Gasteiger partial charge in [-0.3, -0.25) is 0 Å². The maximum Gasteiger partial charge on any atom is 0.416 e. The number of thiophene rings is 1. The lowest BCUT2D eigenvalue weighted by Gasteiger charge is -2.06. The first-order valence-corrected chi connectivity index (χ1v) is 8.20. The Balaban J connectivity index is 1.76. The molecule has 0 saturated heterocycles. The standard InChI is InChI=1S/C19H15F3OS/c1-13-11-17(14-7-9-15(10-8-14)19(20,21)22)24-18(13)12-23-16-5-3-2-4-6-16/h2-11H,12H2,1H3. The lowest BCUT2D eigenvalue weighted by Crippen LogP contribution is -2.03. The van der Waals surface area contributed by atoms with Gasteiger partial charge in [-0.25, -0.2) is 0 Å². The minimum Gasteiger partial charge on any atom is -0.488 e. The van der Waals surface area contributed by atoms with Crippen molar-refractivity contribution in [3.63, 3.8) is 0 Å². The zero-order valence-electron chi connectivity index (χ0n) is 12.9. The Labute approximate surface area is 142 Å². The van der Waals surface area contributed by atoms with E-state index in [9.17, 15) is 13.2 Å². The van der Waals surface area contributed by atoms with Crippen LogP contribution in [0.3, 0.4) is 0 Å². The molecule has 0 bridgehead atoms. The van der Waals surface area contributed by atoms with Gasteiger partial charge in [0.25, 0.3) is 0 Å². The molecule has 1 nitrogen and oxygen atoms in total. The Kier molecular flexibility index (Phi) is 4.62. The molecule has 0 aliphatic carbocycles. The van der Waals surface area contributed by atoms with Crippen molar-refractivity contribution in [1.82, 2.24) is 0 Å². The summed E-state index contributed by atoms with van der Waals surface area (Å²) in [6.45, 7) is 2.43. The van der Waals surface area contributed by atoms with Crippen LogP contribution in [0.2, 0.25) is 0 Å². The summed E-state index contributed by atoms with van der Waals surface area (Å²) in [7, 11) is 0. The zero-order chi connectivity index (χ0) is 17.2. The number of alkyl halides is 3. The molecular weight excluding hydrogens is 333 g/mol. The molecule has 1 aromatic heterocycles. The van der Waals surface area contributed by atoms with Crippen LogP contribution in [0.25, 0.3) is 10.4 Å². The lowest BCUT2D eigenvalue weighted by atomic mass is 10.1. The van der Waals surface area contributed by atoms with Gasteiger partial charge in [-0.15, -0.1) is 11.3 Å². The summed E-state index contributed by atoms with van der Waals surface area (Å²) in [6.07, 6.45) is -4.31. The van der Waals surface area contributed by atoms with Crippen LogP contribution in [-0.4, -0.2) is 0 Å². The minimum atomic E-state index is -4.31. The van der Waals surface area contributed by atoms with E-state index in [4.69, 9.17) is 4.74 Å². The van der Waals surface area contributed by atoms with E-state index >= 15 is 0 Å². The van der Waals surface area contributed by atoms with Gasteiger partial charge in [0.05, 0.1) is 5.56 Å². The topological polar surface area (TPSA) is 9.23 Å². The molecule has 2 aromatic carbocycles. The predicted octanol–water partition coefficient (Wildman–Crippen LogP) is 6.32. The van der Waals surface area contributed by atoms with Gasteiger partial charge < -0.3 is 4.74 Å². The van der Waals surface area contributed by atoms with E-state index in [1.54, 1.807) is 0 Å². The summed E-state index contributed by atoms with van der Waals surface area (Å²) >= 11 is 1.54. The molecule has 0 radical (unpaired) electrons. The summed E-state index contributed by atoms with van der Waals surface area (Å²) in [4.78, 5) is 2.00. The molecule has 5 heteroatoms. The van der Waals surface area contributed by atoms with E-state index in [2.05, 4.69) is 0 Å². The van der Waals surface area contributed by atoms with E-state index in [0.717, 1.165) is 38.8 Å². The van der Waals surface area contributed by atoms with Gasteiger partial charge in [0.1, 0.15) is 12.4 Å². The van der Waals surface area contributed by atoms with Crippen LogP contribution in [-0.2, 0) is 12.8 Å². The second-order valence-corrected chi connectivity index (χ2v) is 6.53. The largest absolute Gasteiger partial charge is 0.488 e. The number of ether oxygens (including phenoxy) is 1. The van der Waals surface area contributed by atoms with Crippen LogP contribution in [0.15, 0.2) is 60.7 Å². The average molecular weight is 348 g/mol. The fourth-order valence-corrected chi connectivity index (χ4v) is 3.39.